The zero-order valence-electron chi connectivity index (χ0n) is 11.3. The van der Waals surface area contributed by atoms with Crippen molar-refractivity contribution in [2.75, 3.05) is 11.9 Å². The highest BCUT2D eigenvalue weighted by Crippen LogP contribution is 2.20. The van der Waals surface area contributed by atoms with E-state index < -0.39 is 0 Å². The molecule has 0 fully saturated rings. The van der Waals surface area contributed by atoms with Gasteiger partial charge in [0.15, 0.2) is 0 Å². The Kier molecular flexibility index (Phi) is 4.73. The first-order valence-electron chi connectivity index (χ1n) is 6.15. The molecule has 104 valence electrons. The number of nitrogens with one attached hydrogen (secondary N) is 1. The first-order chi connectivity index (χ1) is 10.1. The zero-order chi connectivity index (χ0) is 15.2. The summed E-state index contributed by atoms with van der Waals surface area (Å²) in [5.41, 5.74) is 2.01. The van der Waals surface area contributed by atoms with Crippen LogP contribution in [0.5, 0.6) is 0 Å². The Morgan fingerprint density at radius 2 is 2.19 bits per heavy atom. The number of benzene rings is 1. The fraction of sp³-hybridized carbons (Fsp3) is 0.125. The van der Waals surface area contributed by atoms with Crippen molar-refractivity contribution in [3.63, 3.8) is 0 Å². The molecule has 0 saturated carbocycles. The van der Waals surface area contributed by atoms with Crippen LogP contribution in [0.15, 0.2) is 30.3 Å². The lowest BCUT2D eigenvalue weighted by molar-refractivity contribution is 0.103. The van der Waals surface area contributed by atoms with E-state index in [1.165, 1.54) is 11.3 Å². The molecule has 5 heteroatoms. The van der Waals surface area contributed by atoms with Gasteiger partial charge in [-0.15, -0.1) is 11.3 Å². The van der Waals surface area contributed by atoms with Gasteiger partial charge in [-0.1, -0.05) is 17.9 Å². The summed E-state index contributed by atoms with van der Waals surface area (Å²) in [6.45, 7) is 1.66. The number of hydrogen-bond acceptors (Lipinski definition) is 4. The molecule has 2 rings (SSSR count). The summed E-state index contributed by atoms with van der Waals surface area (Å²) in [5.74, 6) is 5.06. The maximum Gasteiger partial charge on any atom is 0.265 e. The Morgan fingerprint density at radius 3 is 2.90 bits per heavy atom. The van der Waals surface area contributed by atoms with Crippen molar-refractivity contribution in [1.82, 2.24) is 0 Å². The average Bonchev–Trinajstić information content (AvgIpc) is 2.96. The fourth-order valence-corrected chi connectivity index (χ4v) is 2.44. The molecule has 0 aliphatic heterocycles. The number of aliphatic hydroxyl groups is 1. The maximum atomic E-state index is 12.2. The number of nitriles is 1. The predicted molar refractivity (Wildman–Crippen MR) is 82.1 cm³/mol. The molecule has 1 amide bonds. The molecular formula is C16H12N2O2S. The van der Waals surface area contributed by atoms with Crippen LogP contribution in [0.1, 0.15) is 25.7 Å². The van der Waals surface area contributed by atoms with E-state index in [0.717, 1.165) is 10.4 Å². The SMILES string of the molecule is Cc1ccc(C#N)cc1NC(=O)c1ccc(C#CCO)s1. The van der Waals surface area contributed by atoms with Crippen molar-refractivity contribution < 1.29 is 9.90 Å². The summed E-state index contributed by atoms with van der Waals surface area (Å²) in [5, 5.41) is 20.3. The summed E-state index contributed by atoms with van der Waals surface area (Å²) in [6.07, 6.45) is 0. The summed E-state index contributed by atoms with van der Waals surface area (Å²) in [4.78, 5) is 13.4. The highest BCUT2D eigenvalue weighted by Gasteiger charge is 2.10. The minimum absolute atomic E-state index is 0.209. The van der Waals surface area contributed by atoms with Crippen LogP contribution in [0.25, 0.3) is 0 Å². The van der Waals surface area contributed by atoms with Gasteiger partial charge in [0, 0.05) is 5.69 Å². The number of aliphatic hydroxyl groups excluding tert-OH is 1. The van der Waals surface area contributed by atoms with Gasteiger partial charge >= 0.3 is 0 Å². The minimum Gasteiger partial charge on any atom is -0.384 e. The monoisotopic (exact) mass is 296 g/mol. The van der Waals surface area contributed by atoms with Crippen LogP contribution in [-0.2, 0) is 0 Å². The molecule has 2 N–H and O–H groups in total. The van der Waals surface area contributed by atoms with E-state index in [4.69, 9.17) is 10.4 Å². The molecule has 0 unspecified atom stereocenters. The first kappa shape index (κ1) is 14.8. The van der Waals surface area contributed by atoms with Gasteiger partial charge in [-0.2, -0.15) is 5.26 Å². The number of carbonyl (C=O) groups excluding carboxylic acids is 1. The number of anilines is 1. The van der Waals surface area contributed by atoms with Crippen LogP contribution >= 0.6 is 11.3 Å². The van der Waals surface area contributed by atoms with E-state index in [2.05, 4.69) is 17.2 Å². The number of thiophene rings is 1. The van der Waals surface area contributed by atoms with Gasteiger partial charge in [0.05, 0.1) is 21.4 Å². The van der Waals surface area contributed by atoms with Gasteiger partial charge in [0.1, 0.15) is 6.61 Å². The van der Waals surface area contributed by atoms with Gasteiger partial charge in [0.25, 0.3) is 5.91 Å². The van der Waals surface area contributed by atoms with E-state index in [1.54, 1.807) is 30.3 Å². The molecule has 2 aromatic rings. The average molecular weight is 296 g/mol. The van der Waals surface area contributed by atoms with Crippen molar-refractivity contribution in [1.29, 1.82) is 5.26 Å². The van der Waals surface area contributed by atoms with Crippen molar-refractivity contribution in [2.45, 2.75) is 6.92 Å². The van der Waals surface area contributed by atoms with E-state index in [9.17, 15) is 4.79 Å². The number of nitrogens with zero attached hydrogens (tertiary/aromatic N) is 1. The van der Waals surface area contributed by atoms with Crippen molar-refractivity contribution >= 4 is 22.9 Å². The van der Waals surface area contributed by atoms with Gasteiger partial charge in [-0.3, -0.25) is 4.79 Å². The quantitative estimate of drug-likeness (QED) is 0.836. The molecule has 0 aliphatic carbocycles. The number of hydrogen-bond donors (Lipinski definition) is 2. The molecule has 1 aromatic carbocycles. The van der Waals surface area contributed by atoms with Crippen LogP contribution in [0.3, 0.4) is 0 Å². The van der Waals surface area contributed by atoms with E-state index in [1.807, 2.05) is 13.0 Å². The molecule has 0 bridgehead atoms. The van der Waals surface area contributed by atoms with Crippen LogP contribution in [-0.4, -0.2) is 17.6 Å². The van der Waals surface area contributed by atoms with Gasteiger partial charge in [-0.25, -0.2) is 0 Å². The molecule has 1 heterocycles. The van der Waals surface area contributed by atoms with Gasteiger partial charge < -0.3 is 10.4 Å². The number of carbonyl (C=O) groups is 1. The van der Waals surface area contributed by atoms with Gasteiger partial charge in [-0.05, 0) is 36.8 Å². The lowest BCUT2D eigenvalue weighted by atomic mass is 10.1. The number of rotatable bonds is 2. The number of aryl methyl sites for hydroxylation is 1. The second-order valence-electron chi connectivity index (χ2n) is 4.22. The zero-order valence-corrected chi connectivity index (χ0v) is 12.1. The normalized spacial score (nSPS) is 9.38. The van der Waals surface area contributed by atoms with Crippen LogP contribution < -0.4 is 5.32 Å². The van der Waals surface area contributed by atoms with Crippen molar-refractivity contribution in [3.8, 4) is 17.9 Å². The summed E-state index contributed by atoms with van der Waals surface area (Å²) in [7, 11) is 0. The molecule has 0 aliphatic rings. The maximum absolute atomic E-state index is 12.2. The standard InChI is InChI=1S/C16H12N2O2S/c1-11-4-5-12(10-17)9-14(11)18-16(20)15-7-6-13(21-15)3-2-8-19/h4-7,9,19H,8H2,1H3,(H,18,20). The molecule has 1 aromatic heterocycles. The molecule has 21 heavy (non-hydrogen) atoms. The molecule has 4 nitrogen and oxygen atoms in total. The third-order valence-corrected chi connectivity index (χ3v) is 3.73. The Bertz CT molecular complexity index is 776. The van der Waals surface area contributed by atoms with E-state index in [-0.39, 0.29) is 12.5 Å². The van der Waals surface area contributed by atoms with Crippen LogP contribution in [0.2, 0.25) is 0 Å². The molecule has 0 spiro atoms. The first-order valence-corrected chi connectivity index (χ1v) is 6.97. The minimum atomic E-state index is -0.241. The van der Waals surface area contributed by atoms with Crippen LogP contribution in [0.4, 0.5) is 5.69 Å². The topological polar surface area (TPSA) is 73.1 Å². The smallest absolute Gasteiger partial charge is 0.265 e. The highest BCUT2D eigenvalue weighted by atomic mass is 32.1. The van der Waals surface area contributed by atoms with Crippen molar-refractivity contribution in [2.24, 2.45) is 0 Å². The second-order valence-corrected chi connectivity index (χ2v) is 5.30. The Balaban J connectivity index is 2.18. The summed E-state index contributed by atoms with van der Waals surface area (Å²) < 4.78 is 0. The molecular weight excluding hydrogens is 284 g/mol. The largest absolute Gasteiger partial charge is 0.384 e. The van der Waals surface area contributed by atoms with Crippen LogP contribution in [0, 0.1) is 30.1 Å². The second kappa shape index (κ2) is 6.71. The van der Waals surface area contributed by atoms with E-state index >= 15 is 0 Å². The van der Waals surface area contributed by atoms with Gasteiger partial charge in [0.2, 0.25) is 0 Å². The number of amides is 1. The predicted octanol–water partition coefficient (Wildman–Crippen LogP) is 2.52. The Hall–Kier alpha value is -2.60. The fourth-order valence-electron chi connectivity index (χ4n) is 1.66. The third kappa shape index (κ3) is 3.70. The molecule has 0 saturated heterocycles. The Morgan fingerprint density at radius 1 is 1.38 bits per heavy atom. The summed E-state index contributed by atoms with van der Waals surface area (Å²) in [6, 6.07) is 10.6. The van der Waals surface area contributed by atoms with Crippen molar-refractivity contribution in [3.05, 3.63) is 51.2 Å². The molecule has 0 radical (unpaired) electrons. The highest BCUT2D eigenvalue weighted by molar-refractivity contribution is 7.14. The third-order valence-electron chi connectivity index (χ3n) is 2.74. The molecule has 0 atom stereocenters. The summed E-state index contributed by atoms with van der Waals surface area (Å²) >= 11 is 1.25. The van der Waals surface area contributed by atoms with E-state index in [0.29, 0.717) is 16.1 Å². The lowest BCUT2D eigenvalue weighted by Crippen LogP contribution is -2.11. The Labute approximate surface area is 126 Å². The lowest BCUT2D eigenvalue weighted by Gasteiger charge is -2.07.